The molecule has 0 radical (unpaired) electrons. The van der Waals surface area contributed by atoms with E-state index in [1.54, 1.807) is 0 Å². The van der Waals surface area contributed by atoms with E-state index in [2.05, 4.69) is 58.6 Å². The molecular weight excluding hydrogens is 208 g/mol. The molecule has 0 saturated carbocycles. The largest absolute Gasteiger partial charge is 0.377 e. The van der Waals surface area contributed by atoms with Crippen molar-refractivity contribution in [3.8, 4) is 0 Å². The van der Waals surface area contributed by atoms with Crippen LogP contribution in [0.5, 0.6) is 0 Å². The van der Waals surface area contributed by atoms with Crippen molar-refractivity contribution in [3.63, 3.8) is 0 Å². The molecule has 0 atom stereocenters. The summed E-state index contributed by atoms with van der Waals surface area (Å²) >= 11 is 0. The van der Waals surface area contributed by atoms with Crippen LogP contribution in [0.4, 0.5) is 0 Å². The quantitative estimate of drug-likeness (QED) is 0.674. The lowest BCUT2D eigenvalue weighted by Crippen LogP contribution is -2.24. The Balaban J connectivity index is 3.62. The standard InChI is InChI=1S/C15H24N2/c1-9(2)13-10(3)11(4)15(17(7)8)12(5)14(13)16-6/h1-8H3/b16-14+. The van der Waals surface area contributed by atoms with Gasteiger partial charge in [0.1, 0.15) is 0 Å². The summed E-state index contributed by atoms with van der Waals surface area (Å²) in [6.45, 7) is 10.9. The number of nitrogens with zero attached hydrogens (tertiary/aromatic N) is 2. The second-order valence-electron chi connectivity index (χ2n) is 5.07. The van der Waals surface area contributed by atoms with Gasteiger partial charge in [0.05, 0.1) is 5.71 Å². The Hall–Kier alpha value is -1.31. The number of aliphatic imine (C=N–C) groups is 1. The van der Waals surface area contributed by atoms with E-state index in [9.17, 15) is 0 Å². The van der Waals surface area contributed by atoms with Gasteiger partial charge in [-0.05, 0) is 51.3 Å². The molecule has 0 amide bonds. The van der Waals surface area contributed by atoms with E-state index >= 15 is 0 Å². The molecule has 0 unspecified atom stereocenters. The van der Waals surface area contributed by atoms with Crippen molar-refractivity contribution in [3.05, 3.63) is 33.6 Å². The first kappa shape index (κ1) is 13.8. The van der Waals surface area contributed by atoms with Gasteiger partial charge < -0.3 is 4.90 Å². The molecule has 0 fully saturated rings. The monoisotopic (exact) mass is 232 g/mol. The van der Waals surface area contributed by atoms with Crippen LogP contribution in [0.25, 0.3) is 0 Å². The van der Waals surface area contributed by atoms with Crippen molar-refractivity contribution in [2.24, 2.45) is 4.99 Å². The summed E-state index contributed by atoms with van der Waals surface area (Å²) in [5.41, 5.74) is 9.06. The Kier molecular flexibility index (Phi) is 3.97. The van der Waals surface area contributed by atoms with Crippen LogP contribution < -0.4 is 0 Å². The van der Waals surface area contributed by atoms with Crippen LogP contribution in [0.3, 0.4) is 0 Å². The van der Waals surface area contributed by atoms with Crippen LogP contribution in [-0.4, -0.2) is 31.8 Å². The number of hydrogen-bond donors (Lipinski definition) is 0. The molecule has 0 bridgehead atoms. The molecule has 2 heteroatoms. The Morgan fingerprint density at radius 1 is 0.941 bits per heavy atom. The van der Waals surface area contributed by atoms with Crippen LogP contribution in [0.1, 0.15) is 34.6 Å². The van der Waals surface area contributed by atoms with E-state index in [0.717, 1.165) is 5.71 Å². The number of hydrogen-bond acceptors (Lipinski definition) is 2. The van der Waals surface area contributed by atoms with E-state index in [1.165, 1.54) is 33.6 Å². The second kappa shape index (κ2) is 4.91. The van der Waals surface area contributed by atoms with Gasteiger partial charge in [0.25, 0.3) is 0 Å². The highest BCUT2D eigenvalue weighted by atomic mass is 15.1. The van der Waals surface area contributed by atoms with Gasteiger partial charge in [0, 0.05) is 32.4 Å². The van der Waals surface area contributed by atoms with E-state index in [1.807, 2.05) is 7.05 Å². The molecular formula is C15H24N2. The van der Waals surface area contributed by atoms with Crippen LogP contribution in [0.15, 0.2) is 38.6 Å². The third kappa shape index (κ3) is 2.21. The highest BCUT2D eigenvalue weighted by molar-refractivity contribution is 6.17. The van der Waals surface area contributed by atoms with Crippen LogP contribution in [0, 0.1) is 0 Å². The Bertz CT molecular complexity index is 449. The van der Waals surface area contributed by atoms with Crippen LogP contribution >= 0.6 is 0 Å². The van der Waals surface area contributed by atoms with Crippen LogP contribution in [0.2, 0.25) is 0 Å². The normalized spacial score (nSPS) is 19.3. The predicted molar refractivity (Wildman–Crippen MR) is 76.5 cm³/mol. The number of rotatable bonds is 1. The molecule has 0 N–H and O–H groups in total. The lowest BCUT2D eigenvalue weighted by molar-refractivity contribution is 0.516. The molecule has 0 aliphatic heterocycles. The maximum atomic E-state index is 4.49. The summed E-state index contributed by atoms with van der Waals surface area (Å²) in [6, 6.07) is 0. The molecule has 0 aromatic heterocycles. The Labute approximate surface area is 105 Å². The van der Waals surface area contributed by atoms with Gasteiger partial charge >= 0.3 is 0 Å². The van der Waals surface area contributed by atoms with Gasteiger partial charge in [-0.2, -0.15) is 0 Å². The second-order valence-corrected chi connectivity index (χ2v) is 5.07. The zero-order valence-electron chi connectivity index (χ0n) is 12.4. The zero-order valence-corrected chi connectivity index (χ0v) is 12.4. The minimum absolute atomic E-state index is 1.14. The molecule has 0 aromatic carbocycles. The summed E-state index contributed by atoms with van der Waals surface area (Å²) in [5, 5.41) is 0. The molecule has 0 spiro atoms. The lowest BCUT2D eigenvalue weighted by Gasteiger charge is -2.30. The summed E-state index contributed by atoms with van der Waals surface area (Å²) in [7, 11) is 6.07. The Morgan fingerprint density at radius 3 is 1.82 bits per heavy atom. The molecule has 1 aliphatic carbocycles. The van der Waals surface area contributed by atoms with Gasteiger partial charge in [-0.15, -0.1) is 0 Å². The number of allylic oxidation sites excluding steroid dienone is 5. The van der Waals surface area contributed by atoms with Gasteiger partial charge in [0.15, 0.2) is 0 Å². The first-order valence-electron chi connectivity index (χ1n) is 6.04. The zero-order chi connectivity index (χ0) is 13.3. The van der Waals surface area contributed by atoms with Gasteiger partial charge in [0.2, 0.25) is 0 Å². The molecule has 2 nitrogen and oxygen atoms in total. The van der Waals surface area contributed by atoms with Gasteiger partial charge in [-0.3, -0.25) is 4.99 Å². The minimum atomic E-state index is 1.14. The molecule has 0 heterocycles. The van der Waals surface area contributed by atoms with Gasteiger partial charge in [-0.25, -0.2) is 0 Å². The van der Waals surface area contributed by atoms with E-state index in [4.69, 9.17) is 0 Å². The summed E-state index contributed by atoms with van der Waals surface area (Å²) < 4.78 is 0. The van der Waals surface area contributed by atoms with Crippen LogP contribution in [-0.2, 0) is 0 Å². The molecule has 0 saturated heterocycles. The molecule has 0 aromatic rings. The molecule has 1 aliphatic rings. The van der Waals surface area contributed by atoms with Crippen molar-refractivity contribution >= 4 is 5.71 Å². The topological polar surface area (TPSA) is 15.6 Å². The smallest absolute Gasteiger partial charge is 0.0695 e. The first-order chi connectivity index (χ1) is 7.82. The molecule has 17 heavy (non-hydrogen) atoms. The Morgan fingerprint density at radius 2 is 1.47 bits per heavy atom. The van der Waals surface area contributed by atoms with Crippen molar-refractivity contribution in [1.29, 1.82) is 0 Å². The van der Waals surface area contributed by atoms with E-state index < -0.39 is 0 Å². The van der Waals surface area contributed by atoms with Gasteiger partial charge in [-0.1, -0.05) is 5.57 Å². The summed E-state index contributed by atoms with van der Waals surface area (Å²) in [5.74, 6) is 0. The fourth-order valence-corrected chi connectivity index (χ4v) is 2.69. The van der Waals surface area contributed by atoms with Crippen molar-refractivity contribution < 1.29 is 0 Å². The first-order valence-corrected chi connectivity index (χ1v) is 6.04. The van der Waals surface area contributed by atoms with Crippen molar-refractivity contribution in [2.75, 3.05) is 21.1 Å². The number of likely N-dealkylation sites (N-methyl/N-ethyl adjacent to an activating group) is 1. The van der Waals surface area contributed by atoms with Crippen molar-refractivity contribution in [2.45, 2.75) is 34.6 Å². The third-order valence-electron chi connectivity index (χ3n) is 3.41. The SMILES string of the molecule is C/N=C1\C(C)=C(N(C)C)C(C)=C(C)C1=C(C)C. The fraction of sp³-hybridized carbons (Fsp3) is 0.533. The third-order valence-corrected chi connectivity index (χ3v) is 3.41. The summed E-state index contributed by atoms with van der Waals surface area (Å²) in [6.07, 6.45) is 0. The van der Waals surface area contributed by atoms with Crippen molar-refractivity contribution in [1.82, 2.24) is 4.90 Å². The average Bonchev–Trinajstić information content (AvgIpc) is 2.22. The highest BCUT2D eigenvalue weighted by Crippen LogP contribution is 2.34. The molecule has 94 valence electrons. The lowest BCUT2D eigenvalue weighted by atomic mass is 9.83. The summed E-state index contributed by atoms with van der Waals surface area (Å²) in [4.78, 5) is 6.67. The highest BCUT2D eigenvalue weighted by Gasteiger charge is 2.24. The predicted octanol–water partition coefficient (Wildman–Crippen LogP) is 3.58. The maximum Gasteiger partial charge on any atom is 0.0695 e. The van der Waals surface area contributed by atoms with E-state index in [0.29, 0.717) is 0 Å². The fourth-order valence-electron chi connectivity index (χ4n) is 2.69. The van der Waals surface area contributed by atoms with E-state index in [-0.39, 0.29) is 0 Å². The minimum Gasteiger partial charge on any atom is -0.377 e. The molecule has 1 rings (SSSR count). The maximum absolute atomic E-state index is 4.49. The average molecular weight is 232 g/mol.